The fraction of sp³-hybridized carbons (Fsp3) is 0.188. The molecule has 0 unspecified atom stereocenters. The number of benzene rings is 2. The second-order valence-corrected chi connectivity index (χ2v) is 4.41. The van der Waals surface area contributed by atoms with Crippen molar-refractivity contribution < 1.29 is 18.7 Å². The molecule has 0 spiro atoms. The van der Waals surface area contributed by atoms with Crippen molar-refractivity contribution in [1.29, 1.82) is 0 Å². The number of methoxy groups -OCH3 is 1. The number of ether oxygens (including phenoxy) is 2. The van der Waals surface area contributed by atoms with E-state index in [1.165, 1.54) is 19.2 Å². The lowest BCUT2D eigenvalue weighted by molar-refractivity contribution is 0.0595. The summed E-state index contributed by atoms with van der Waals surface area (Å²) in [5, 5.41) is 0. The summed E-state index contributed by atoms with van der Waals surface area (Å²) >= 11 is 0. The van der Waals surface area contributed by atoms with E-state index < -0.39 is 11.8 Å². The number of aryl methyl sites for hydroxylation is 1. The molecule has 0 aliphatic heterocycles. The van der Waals surface area contributed by atoms with Gasteiger partial charge in [0.2, 0.25) is 0 Å². The van der Waals surface area contributed by atoms with Crippen LogP contribution in [0.4, 0.5) is 4.39 Å². The van der Waals surface area contributed by atoms with Crippen LogP contribution in [0.25, 0.3) is 0 Å². The molecule has 20 heavy (non-hydrogen) atoms. The van der Waals surface area contributed by atoms with Gasteiger partial charge in [0.25, 0.3) is 0 Å². The molecule has 0 bridgehead atoms. The first-order chi connectivity index (χ1) is 9.60. The van der Waals surface area contributed by atoms with Gasteiger partial charge >= 0.3 is 5.97 Å². The van der Waals surface area contributed by atoms with Crippen molar-refractivity contribution >= 4 is 5.97 Å². The lowest BCUT2D eigenvalue weighted by atomic mass is 10.1. The zero-order valence-electron chi connectivity index (χ0n) is 11.4. The van der Waals surface area contributed by atoms with Crippen molar-refractivity contribution in [2.45, 2.75) is 13.5 Å². The monoisotopic (exact) mass is 274 g/mol. The highest BCUT2D eigenvalue weighted by molar-refractivity contribution is 5.89. The number of rotatable bonds is 4. The predicted octanol–water partition coefficient (Wildman–Crippen LogP) is 3.50. The van der Waals surface area contributed by atoms with Crippen LogP contribution in [0.5, 0.6) is 5.75 Å². The Hall–Kier alpha value is -2.36. The van der Waals surface area contributed by atoms with E-state index in [2.05, 4.69) is 4.74 Å². The number of carbonyl (C=O) groups is 1. The Bertz CT molecular complexity index is 623. The van der Waals surface area contributed by atoms with Crippen LogP contribution in [0.3, 0.4) is 0 Å². The van der Waals surface area contributed by atoms with Crippen LogP contribution in [0.15, 0.2) is 42.5 Å². The largest absolute Gasteiger partial charge is 0.489 e. The van der Waals surface area contributed by atoms with Gasteiger partial charge in [-0.2, -0.15) is 0 Å². The first-order valence-corrected chi connectivity index (χ1v) is 6.16. The van der Waals surface area contributed by atoms with Crippen LogP contribution in [0.2, 0.25) is 0 Å². The normalized spacial score (nSPS) is 10.2. The van der Waals surface area contributed by atoms with Gasteiger partial charge in [-0.05, 0) is 42.3 Å². The summed E-state index contributed by atoms with van der Waals surface area (Å²) in [4.78, 5) is 11.3. The Morgan fingerprint density at radius 1 is 1.20 bits per heavy atom. The van der Waals surface area contributed by atoms with Gasteiger partial charge < -0.3 is 9.47 Å². The molecule has 3 nitrogen and oxygen atoms in total. The third-order valence-corrected chi connectivity index (χ3v) is 2.83. The molecule has 4 heteroatoms. The van der Waals surface area contributed by atoms with Crippen molar-refractivity contribution in [2.24, 2.45) is 0 Å². The van der Waals surface area contributed by atoms with Gasteiger partial charge in [-0.1, -0.05) is 18.2 Å². The lowest BCUT2D eigenvalue weighted by Crippen LogP contribution is -2.05. The summed E-state index contributed by atoms with van der Waals surface area (Å²) in [5.41, 5.74) is 1.66. The van der Waals surface area contributed by atoms with Gasteiger partial charge in [0.05, 0.1) is 12.7 Å². The maximum absolute atomic E-state index is 13.7. The highest BCUT2D eigenvalue weighted by atomic mass is 19.1. The highest BCUT2D eigenvalue weighted by Crippen LogP contribution is 2.16. The molecule has 2 aromatic rings. The van der Waals surface area contributed by atoms with E-state index in [1.807, 2.05) is 31.2 Å². The standard InChI is InChI=1S/C16H15FO3/c1-11-4-3-5-13(8-11)20-10-12-6-7-14(15(17)9-12)16(18)19-2/h3-9H,10H2,1-2H3. The second kappa shape index (κ2) is 6.19. The van der Waals surface area contributed by atoms with E-state index in [0.717, 1.165) is 11.3 Å². The number of halogens is 1. The summed E-state index contributed by atoms with van der Waals surface area (Å²) in [6.07, 6.45) is 0. The molecule has 104 valence electrons. The van der Waals surface area contributed by atoms with E-state index in [1.54, 1.807) is 6.07 Å². The molecule has 0 atom stereocenters. The molecule has 0 fully saturated rings. The minimum absolute atomic E-state index is 0.0770. The van der Waals surface area contributed by atoms with Crippen molar-refractivity contribution in [2.75, 3.05) is 7.11 Å². The fourth-order valence-electron chi connectivity index (χ4n) is 1.80. The topological polar surface area (TPSA) is 35.5 Å². The molecule has 2 rings (SSSR count). The van der Waals surface area contributed by atoms with Crippen LogP contribution in [0, 0.1) is 12.7 Å². The van der Waals surface area contributed by atoms with Crippen LogP contribution >= 0.6 is 0 Å². The first-order valence-electron chi connectivity index (χ1n) is 6.16. The maximum Gasteiger partial charge on any atom is 0.340 e. The van der Waals surface area contributed by atoms with Crippen LogP contribution < -0.4 is 4.74 Å². The molecule has 0 saturated carbocycles. The number of carbonyl (C=O) groups excluding carboxylic acids is 1. The Morgan fingerprint density at radius 3 is 2.65 bits per heavy atom. The Labute approximate surface area is 117 Å². The third-order valence-electron chi connectivity index (χ3n) is 2.83. The van der Waals surface area contributed by atoms with Crippen molar-refractivity contribution in [3.8, 4) is 5.75 Å². The van der Waals surface area contributed by atoms with Crippen molar-refractivity contribution in [1.82, 2.24) is 0 Å². The predicted molar refractivity (Wildman–Crippen MR) is 73.3 cm³/mol. The van der Waals surface area contributed by atoms with Crippen LogP contribution in [-0.2, 0) is 11.3 Å². The molecule has 0 amide bonds. The van der Waals surface area contributed by atoms with Gasteiger partial charge in [0.15, 0.2) is 0 Å². The molecule has 2 aromatic carbocycles. The number of hydrogen-bond donors (Lipinski definition) is 0. The van der Waals surface area contributed by atoms with Gasteiger partial charge in [-0.3, -0.25) is 0 Å². The minimum atomic E-state index is -0.686. The summed E-state index contributed by atoms with van der Waals surface area (Å²) in [6, 6.07) is 11.9. The second-order valence-electron chi connectivity index (χ2n) is 4.41. The van der Waals surface area contributed by atoms with Gasteiger partial charge in [-0.15, -0.1) is 0 Å². The number of hydrogen-bond acceptors (Lipinski definition) is 3. The average molecular weight is 274 g/mol. The van der Waals surface area contributed by atoms with Gasteiger partial charge in [-0.25, -0.2) is 9.18 Å². The third kappa shape index (κ3) is 3.35. The van der Waals surface area contributed by atoms with Crippen molar-refractivity contribution in [3.05, 3.63) is 65.0 Å². The molecule has 0 N–H and O–H groups in total. The van der Waals surface area contributed by atoms with Crippen LogP contribution in [0.1, 0.15) is 21.5 Å². The minimum Gasteiger partial charge on any atom is -0.489 e. The maximum atomic E-state index is 13.7. The zero-order chi connectivity index (χ0) is 14.5. The smallest absolute Gasteiger partial charge is 0.340 e. The van der Waals surface area contributed by atoms with Crippen molar-refractivity contribution in [3.63, 3.8) is 0 Å². The first kappa shape index (κ1) is 14.1. The Morgan fingerprint density at radius 2 is 2.00 bits per heavy atom. The Kier molecular flexibility index (Phi) is 4.35. The fourth-order valence-corrected chi connectivity index (χ4v) is 1.80. The molecule has 0 aliphatic carbocycles. The molecule has 0 heterocycles. The summed E-state index contributed by atoms with van der Waals surface area (Å²) in [7, 11) is 1.22. The van der Waals surface area contributed by atoms with E-state index in [-0.39, 0.29) is 12.2 Å². The Balaban J connectivity index is 2.07. The van der Waals surface area contributed by atoms with E-state index in [4.69, 9.17) is 4.74 Å². The lowest BCUT2D eigenvalue weighted by Gasteiger charge is -2.08. The molecule has 0 radical (unpaired) electrons. The van der Waals surface area contributed by atoms with Gasteiger partial charge in [0.1, 0.15) is 18.2 Å². The molecule has 0 aromatic heterocycles. The highest BCUT2D eigenvalue weighted by Gasteiger charge is 2.12. The van der Waals surface area contributed by atoms with Crippen LogP contribution in [-0.4, -0.2) is 13.1 Å². The molecule has 0 saturated heterocycles. The zero-order valence-corrected chi connectivity index (χ0v) is 11.4. The summed E-state index contributed by atoms with van der Waals surface area (Å²) in [5.74, 6) is -0.571. The molecule has 0 aliphatic rings. The van der Waals surface area contributed by atoms with Gasteiger partial charge in [0, 0.05) is 0 Å². The molecular weight excluding hydrogens is 259 g/mol. The number of esters is 1. The average Bonchev–Trinajstić information content (AvgIpc) is 2.44. The quantitative estimate of drug-likeness (QED) is 0.800. The summed E-state index contributed by atoms with van der Waals surface area (Å²) in [6.45, 7) is 2.21. The SMILES string of the molecule is COC(=O)c1ccc(COc2cccc(C)c2)cc1F. The van der Waals surface area contributed by atoms with E-state index >= 15 is 0 Å². The summed E-state index contributed by atoms with van der Waals surface area (Å²) < 4.78 is 23.8. The molecular formula is C16H15FO3. The van der Waals surface area contributed by atoms with E-state index in [0.29, 0.717) is 5.56 Å². The van der Waals surface area contributed by atoms with E-state index in [9.17, 15) is 9.18 Å².